The second kappa shape index (κ2) is 8.10. The van der Waals surface area contributed by atoms with Gasteiger partial charge in [-0.05, 0) is 44.3 Å². The van der Waals surface area contributed by atoms with Crippen molar-refractivity contribution in [3.63, 3.8) is 0 Å². The number of rotatable bonds is 5. The Morgan fingerprint density at radius 3 is 2.74 bits per heavy atom. The van der Waals surface area contributed by atoms with E-state index in [9.17, 15) is 9.18 Å². The average Bonchev–Trinajstić information content (AvgIpc) is 3.05. The van der Waals surface area contributed by atoms with Gasteiger partial charge in [0.1, 0.15) is 25.1 Å². The molecule has 4 rings (SSSR count). The van der Waals surface area contributed by atoms with E-state index in [1.165, 1.54) is 12.1 Å². The molecule has 0 spiro atoms. The van der Waals surface area contributed by atoms with Gasteiger partial charge < -0.3 is 19.1 Å². The van der Waals surface area contributed by atoms with Crippen LogP contribution in [-0.4, -0.2) is 67.9 Å². The first-order valence-corrected chi connectivity index (χ1v) is 9.89. The minimum absolute atomic E-state index is 0.133. The van der Waals surface area contributed by atoms with Crippen molar-refractivity contribution in [2.75, 3.05) is 45.9 Å². The Hall–Kier alpha value is -1.73. The molecule has 3 heterocycles. The number of carbonyl (C=O) groups is 1. The van der Waals surface area contributed by atoms with Crippen LogP contribution in [0.5, 0.6) is 11.5 Å². The highest BCUT2D eigenvalue weighted by Crippen LogP contribution is 2.39. The monoisotopic (exact) mass is 398 g/mol. The predicted molar refractivity (Wildman–Crippen MR) is 98.0 cm³/mol. The second-order valence-corrected chi connectivity index (χ2v) is 7.81. The van der Waals surface area contributed by atoms with Crippen LogP contribution < -0.4 is 9.47 Å². The summed E-state index contributed by atoms with van der Waals surface area (Å²) < 4.78 is 30.1. The Morgan fingerprint density at radius 1 is 1.19 bits per heavy atom. The van der Waals surface area contributed by atoms with Crippen molar-refractivity contribution < 1.29 is 23.4 Å². The van der Waals surface area contributed by atoms with Crippen molar-refractivity contribution in [1.82, 2.24) is 9.80 Å². The third kappa shape index (κ3) is 4.41. The third-order valence-electron chi connectivity index (χ3n) is 5.50. The maximum atomic E-state index is 13.5. The highest BCUT2D eigenvalue weighted by molar-refractivity contribution is 6.32. The minimum atomic E-state index is -0.425. The Kier molecular flexibility index (Phi) is 5.59. The van der Waals surface area contributed by atoms with Crippen molar-refractivity contribution in [3.8, 4) is 11.5 Å². The quantitative estimate of drug-likeness (QED) is 0.762. The first-order valence-electron chi connectivity index (χ1n) is 9.51. The Balaban J connectivity index is 1.22. The molecular weight excluding hydrogens is 375 g/mol. The molecule has 0 aromatic heterocycles. The van der Waals surface area contributed by atoms with Crippen LogP contribution in [-0.2, 0) is 4.74 Å². The molecule has 8 heteroatoms. The molecule has 3 aliphatic heterocycles. The second-order valence-electron chi connectivity index (χ2n) is 7.40. The molecule has 3 aliphatic rings. The van der Waals surface area contributed by atoms with Gasteiger partial charge in [0, 0.05) is 19.2 Å². The summed E-state index contributed by atoms with van der Waals surface area (Å²) >= 11 is 6.00. The van der Waals surface area contributed by atoms with Gasteiger partial charge in [0.05, 0.1) is 11.6 Å². The molecule has 1 aromatic rings. The van der Waals surface area contributed by atoms with Crippen LogP contribution in [0.3, 0.4) is 0 Å². The van der Waals surface area contributed by atoms with Gasteiger partial charge in [-0.15, -0.1) is 0 Å². The number of carbonyl (C=O) groups excluding carboxylic acids is 1. The van der Waals surface area contributed by atoms with E-state index < -0.39 is 5.82 Å². The lowest BCUT2D eigenvalue weighted by Gasteiger charge is -2.36. The van der Waals surface area contributed by atoms with Crippen LogP contribution >= 0.6 is 11.6 Å². The molecule has 1 aromatic carbocycles. The maximum Gasteiger partial charge on any atom is 0.409 e. The number of halogens is 2. The summed E-state index contributed by atoms with van der Waals surface area (Å²) in [6.07, 6.45) is 2.92. The van der Waals surface area contributed by atoms with Crippen LogP contribution in [0.2, 0.25) is 5.02 Å². The van der Waals surface area contributed by atoms with Crippen molar-refractivity contribution in [1.29, 1.82) is 0 Å². The first-order chi connectivity index (χ1) is 13.1. The van der Waals surface area contributed by atoms with Crippen molar-refractivity contribution in [2.45, 2.75) is 25.4 Å². The van der Waals surface area contributed by atoms with Gasteiger partial charge in [-0.25, -0.2) is 9.18 Å². The van der Waals surface area contributed by atoms with Gasteiger partial charge in [-0.3, -0.25) is 4.90 Å². The molecule has 1 unspecified atom stereocenters. The van der Waals surface area contributed by atoms with E-state index in [1.807, 2.05) is 0 Å². The lowest BCUT2D eigenvalue weighted by Crippen LogP contribution is -2.44. The molecule has 2 fully saturated rings. The summed E-state index contributed by atoms with van der Waals surface area (Å²) in [4.78, 5) is 15.6. The zero-order chi connectivity index (χ0) is 18.8. The number of fused-ring (bicyclic) bond motifs is 1. The number of hydrogen-bond donors (Lipinski definition) is 0. The summed E-state index contributed by atoms with van der Waals surface area (Å²) in [7, 11) is 0. The molecule has 0 bridgehead atoms. The minimum Gasteiger partial charge on any atom is -0.484 e. The van der Waals surface area contributed by atoms with E-state index in [0.717, 1.165) is 45.4 Å². The highest BCUT2D eigenvalue weighted by atomic mass is 35.5. The van der Waals surface area contributed by atoms with Gasteiger partial charge in [-0.1, -0.05) is 11.6 Å². The zero-order valence-corrected chi connectivity index (χ0v) is 15.9. The fraction of sp³-hybridized carbons (Fsp3) is 0.632. The largest absolute Gasteiger partial charge is 0.484 e. The normalized spacial score (nSPS) is 23.6. The van der Waals surface area contributed by atoms with E-state index in [0.29, 0.717) is 37.2 Å². The van der Waals surface area contributed by atoms with Gasteiger partial charge in [0.15, 0.2) is 11.5 Å². The molecule has 148 valence electrons. The van der Waals surface area contributed by atoms with Crippen LogP contribution in [0, 0.1) is 11.7 Å². The molecule has 0 saturated carbocycles. The smallest absolute Gasteiger partial charge is 0.409 e. The Labute approximate surface area is 163 Å². The number of hydrogen-bond acceptors (Lipinski definition) is 5. The maximum absolute atomic E-state index is 13.5. The Morgan fingerprint density at radius 2 is 2.00 bits per heavy atom. The number of piperidine rings is 1. The molecule has 1 amide bonds. The number of ether oxygens (including phenoxy) is 3. The SMILES string of the molecule is O=C1OCCN1CCC1CCN(CC2COc3c(Cl)cc(F)cc3O2)CC1. The molecule has 1 atom stereocenters. The van der Waals surface area contributed by atoms with Gasteiger partial charge in [0.2, 0.25) is 0 Å². The van der Waals surface area contributed by atoms with E-state index >= 15 is 0 Å². The molecule has 0 N–H and O–H groups in total. The van der Waals surface area contributed by atoms with Crippen LogP contribution in [0.4, 0.5) is 9.18 Å². The fourth-order valence-electron chi connectivity index (χ4n) is 3.96. The lowest BCUT2D eigenvalue weighted by molar-refractivity contribution is 0.0465. The number of cyclic esters (lactones) is 1. The fourth-order valence-corrected chi connectivity index (χ4v) is 4.21. The molecule has 0 aliphatic carbocycles. The van der Waals surface area contributed by atoms with Crippen molar-refractivity contribution >= 4 is 17.7 Å². The summed E-state index contributed by atoms with van der Waals surface area (Å²) in [5.41, 5.74) is 0. The topological polar surface area (TPSA) is 51.2 Å². The average molecular weight is 399 g/mol. The number of nitrogens with zero attached hydrogens (tertiary/aromatic N) is 2. The summed E-state index contributed by atoms with van der Waals surface area (Å²) in [5.74, 6) is 1.01. The standard InChI is InChI=1S/C19H24ClFN2O4/c20-16-9-14(21)10-17-18(16)26-12-15(27-17)11-22-4-1-13(2-5-22)3-6-23-7-8-25-19(23)24/h9-10,13,15H,1-8,11-12H2. The number of likely N-dealkylation sites (tertiary alicyclic amines) is 1. The number of amides is 1. The Bertz CT molecular complexity index is 697. The summed E-state index contributed by atoms with van der Waals surface area (Å²) in [5, 5.41) is 0.242. The van der Waals surface area contributed by atoms with Crippen LogP contribution in [0.1, 0.15) is 19.3 Å². The predicted octanol–water partition coefficient (Wildman–Crippen LogP) is 3.17. The zero-order valence-electron chi connectivity index (χ0n) is 15.2. The van der Waals surface area contributed by atoms with Crippen molar-refractivity contribution in [3.05, 3.63) is 23.0 Å². The van der Waals surface area contributed by atoms with E-state index in [4.69, 9.17) is 25.8 Å². The van der Waals surface area contributed by atoms with Gasteiger partial charge in [-0.2, -0.15) is 0 Å². The van der Waals surface area contributed by atoms with E-state index in [2.05, 4.69) is 4.90 Å². The lowest BCUT2D eigenvalue weighted by atomic mass is 9.93. The summed E-state index contributed by atoms with van der Waals surface area (Å²) in [6, 6.07) is 2.56. The van der Waals surface area contributed by atoms with E-state index in [-0.39, 0.29) is 17.2 Å². The van der Waals surface area contributed by atoms with E-state index in [1.54, 1.807) is 4.90 Å². The third-order valence-corrected chi connectivity index (χ3v) is 5.78. The molecule has 27 heavy (non-hydrogen) atoms. The molecule has 2 saturated heterocycles. The van der Waals surface area contributed by atoms with Gasteiger partial charge in [0.25, 0.3) is 0 Å². The molecule has 6 nitrogen and oxygen atoms in total. The van der Waals surface area contributed by atoms with Gasteiger partial charge >= 0.3 is 6.09 Å². The highest BCUT2D eigenvalue weighted by Gasteiger charge is 2.29. The van der Waals surface area contributed by atoms with Crippen LogP contribution in [0.15, 0.2) is 12.1 Å². The first kappa shape index (κ1) is 18.6. The molecular formula is C19H24ClFN2O4. The molecule has 0 radical (unpaired) electrons. The van der Waals surface area contributed by atoms with Crippen molar-refractivity contribution in [2.24, 2.45) is 5.92 Å². The van der Waals surface area contributed by atoms with Crippen LogP contribution in [0.25, 0.3) is 0 Å². The number of benzene rings is 1. The summed E-state index contributed by atoms with van der Waals surface area (Å²) in [6.45, 7) is 5.15.